The highest BCUT2D eigenvalue weighted by Gasteiger charge is 2.00. The Morgan fingerprint density at radius 3 is 2.47 bits per heavy atom. The molecule has 0 aliphatic carbocycles. The third-order valence-corrected chi connectivity index (χ3v) is 1.79. The van der Waals surface area contributed by atoms with Crippen LogP contribution in [0.1, 0.15) is 16.8 Å². The molecule has 0 amide bonds. The van der Waals surface area contributed by atoms with Gasteiger partial charge in [-0.15, -0.1) is 0 Å². The van der Waals surface area contributed by atoms with Gasteiger partial charge in [0.2, 0.25) is 0 Å². The van der Waals surface area contributed by atoms with Crippen LogP contribution in [0.5, 0.6) is 0 Å². The molecule has 0 heterocycles. The Hall–Kier alpha value is -2.04. The van der Waals surface area contributed by atoms with Gasteiger partial charge < -0.3 is 25.1 Å². The molecule has 0 unspecified atom stereocenters. The van der Waals surface area contributed by atoms with Gasteiger partial charge in [-0.3, -0.25) is 0 Å². The number of anilines is 1. The summed E-state index contributed by atoms with van der Waals surface area (Å²) in [7, 11) is 0. The first kappa shape index (κ1) is 11.0. The Kier molecular flexibility index (Phi) is 3.68. The van der Waals surface area contributed by atoms with Gasteiger partial charge in [-0.05, 0) is 6.07 Å². The van der Waals surface area contributed by atoms with Crippen molar-refractivity contribution in [3.63, 3.8) is 0 Å². The first-order chi connectivity index (χ1) is 7.11. The number of benzene rings is 1. The van der Waals surface area contributed by atoms with Gasteiger partial charge in [0, 0.05) is 30.2 Å². The molecule has 15 heavy (non-hydrogen) atoms. The fraction of sp³-hybridized carbons (Fsp3) is 0.200. The standard InChI is InChI=1S/C10H11NO4/c12-9(13)5-6-11-8-4-2-1-3-7(8)10(14)15/h1-4,11H,5-6H2,(H,12,13)(H,14,15)/p-2. The van der Waals surface area contributed by atoms with E-state index in [1.54, 1.807) is 18.2 Å². The largest absolute Gasteiger partial charge is 0.550 e. The molecule has 0 aromatic heterocycles. The van der Waals surface area contributed by atoms with Crippen molar-refractivity contribution in [2.75, 3.05) is 11.9 Å². The lowest BCUT2D eigenvalue weighted by Crippen LogP contribution is -2.26. The lowest BCUT2D eigenvalue weighted by molar-refractivity contribution is -0.305. The summed E-state index contributed by atoms with van der Waals surface area (Å²) in [6.45, 7) is 0.118. The minimum Gasteiger partial charge on any atom is -0.550 e. The number of carboxylic acids is 2. The predicted octanol–water partition coefficient (Wildman–Crippen LogP) is -1.40. The van der Waals surface area contributed by atoms with E-state index in [-0.39, 0.29) is 18.5 Å². The van der Waals surface area contributed by atoms with Gasteiger partial charge in [-0.2, -0.15) is 0 Å². The molecular weight excluding hydrogens is 198 g/mol. The third kappa shape index (κ3) is 3.30. The molecule has 0 radical (unpaired) electrons. The number of rotatable bonds is 5. The molecule has 5 nitrogen and oxygen atoms in total. The highest BCUT2D eigenvalue weighted by Crippen LogP contribution is 2.13. The second-order valence-corrected chi connectivity index (χ2v) is 2.88. The smallest absolute Gasteiger partial charge is 0.0736 e. The SMILES string of the molecule is O=C([O-])CCNc1ccccc1C(=O)[O-]. The van der Waals surface area contributed by atoms with Crippen LogP contribution in [0.3, 0.4) is 0 Å². The summed E-state index contributed by atoms with van der Waals surface area (Å²) in [5.74, 6) is -2.49. The zero-order valence-corrected chi connectivity index (χ0v) is 7.86. The van der Waals surface area contributed by atoms with E-state index in [4.69, 9.17) is 0 Å². The lowest BCUT2D eigenvalue weighted by Gasteiger charge is -2.12. The molecule has 1 N–H and O–H groups in total. The summed E-state index contributed by atoms with van der Waals surface area (Å²) in [6.07, 6.45) is -0.179. The Labute approximate surface area is 86.4 Å². The van der Waals surface area contributed by atoms with Crippen LogP contribution >= 0.6 is 0 Å². The van der Waals surface area contributed by atoms with Gasteiger partial charge in [0.1, 0.15) is 0 Å². The summed E-state index contributed by atoms with van der Waals surface area (Å²) in [4.78, 5) is 20.8. The van der Waals surface area contributed by atoms with Gasteiger partial charge in [-0.1, -0.05) is 18.2 Å². The number of carbonyl (C=O) groups is 2. The van der Waals surface area contributed by atoms with Crippen molar-refractivity contribution in [3.8, 4) is 0 Å². The van der Waals surface area contributed by atoms with Crippen LogP contribution < -0.4 is 15.5 Å². The average molecular weight is 207 g/mol. The molecule has 5 heteroatoms. The Balaban J connectivity index is 2.67. The van der Waals surface area contributed by atoms with E-state index in [1.165, 1.54) is 6.07 Å². The van der Waals surface area contributed by atoms with Crippen molar-refractivity contribution in [3.05, 3.63) is 29.8 Å². The molecule has 0 spiro atoms. The van der Waals surface area contributed by atoms with Crippen LogP contribution in [-0.2, 0) is 4.79 Å². The van der Waals surface area contributed by atoms with Crippen LogP contribution in [-0.4, -0.2) is 18.5 Å². The van der Waals surface area contributed by atoms with Crippen molar-refractivity contribution in [2.24, 2.45) is 0 Å². The van der Waals surface area contributed by atoms with Crippen LogP contribution in [0, 0.1) is 0 Å². The molecular formula is C10H9NO4-2. The number of aromatic carboxylic acids is 1. The average Bonchev–Trinajstić information content (AvgIpc) is 2.17. The van der Waals surface area contributed by atoms with E-state index in [0.29, 0.717) is 5.69 Å². The van der Waals surface area contributed by atoms with Crippen LogP contribution in [0.2, 0.25) is 0 Å². The molecule has 1 rings (SSSR count). The van der Waals surface area contributed by atoms with Gasteiger partial charge in [0.15, 0.2) is 0 Å². The number of hydrogen-bond acceptors (Lipinski definition) is 5. The topological polar surface area (TPSA) is 92.3 Å². The fourth-order valence-electron chi connectivity index (χ4n) is 1.11. The molecule has 0 fully saturated rings. The van der Waals surface area contributed by atoms with Crippen molar-refractivity contribution in [1.82, 2.24) is 0 Å². The van der Waals surface area contributed by atoms with Crippen molar-refractivity contribution < 1.29 is 19.8 Å². The molecule has 0 saturated heterocycles. The maximum Gasteiger partial charge on any atom is 0.0736 e. The summed E-state index contributed by atoms with van der Waals surface area (Å²) < 4.78 is 0. The molecule has 0 aliphatic rings. The van der Waals surface area contributed by atoms with Gasteiger partial charge in [0.25, 0.3) is 0 Å². The molecule has 1 aromatic carbocycles. The first-order valence-electron chi connectivity index (χ1n) is 4.35. The highest BCUT2D eigenvalue weighted by atomic mass is 16.4. The van der Waals surface area contributed by atoms with Gasteiger partial charge in [-0.25, -0.2) is 0 Å². The first-order valence-corrected chi connectivity index (χ1v) is 4.35. The summed E-state index contributed by atoms with van der Waals surface area (Å²) >= 11 is 0. The Bertz CT molecular complexity index is 375. The number of carbonyl (C=O) groups excluding carboxylic acids is 2. The highest BCUT2D eigenvalue weighted by molar-refractivity contribution is 5.92. The fourth-order valence-corrected chi connectivity index (χ4v) is 1.11. The normalized spacial score (nSPS) is 9.60. The number of carboxylic acid groups (broad SMARTS) is 2. The van der Waals surface area contributed by atoms with Crippen LogP contribution in [0.15, 0.2) is 24.3 Å². The predicted molar refractivity (Wildman–Crippen MR) is 48.9 cm³/mol. The Morgan fingerprint density at radius 1 is 1.20 bits per heavy atom. The number of nitrogens with one attached hydrogen (secondary N) is 1. The number of hydrogen-bond donors (Lipinski definition) is 1. The van der Waals surface area contributed by atoms with Gasteiger partial charge >= 0.3 is 0 Å². The van der Waals surface area contributed by atoms with Crippen molar-refractivity contribution in [2.45, 2.75) is 6.42 Å². The van der Waals surface area contributed by atoms with Crippen molar-refractivity contribution in [1.29, 1.82) is 0 Å². The second-order valence-electron chi connectivity index (χ2n) is 2.88. The number of aliphatic carboxylic acids is 1. The maximum absolute atomic E-state index is 10.6. The zero-order chi connectivity index (χ0) is 11.3. The van der Waals surface area contributed by atoms with Crippen LogP contribution in [0.4, 0.5) is 5.69 Å². The minimum atomic E-state index is -1.30. The lowest BCUT2D eigenvalue weighted by atomic mass is 10.2. The number of para-hydroxylation sites is 1. The van der Waals surface area contributed by atoms with Gasteiger partial charge in [0.05, 0.1) is 5.97 Å². The zero-order valence-electron chi connectivity index (χ0n) is 7.86. The van der Waals surface area contributed by atoms with E-state index in [9.17, 15) is 19.8 Å². The minimum absolute atomic E-state index is 0.0100. The molecule has 0 bridgehead atoms. The van der Waals surface area contributed by atoms with Crippen LogP contribution in [0.25, 0.3) is 0 Å². The molecule has 0 atom stereocenters. The van der Waals surface area contributed by atoms with E-state index < -0.39 is 11.9 Å². The molecule has 0 aliphatic heterocycles. The molecule has 80 valence electrons. The van der Waals surface area contributed by atoms with E-state index in [0.717, 1.165) is 0 Å². The van der Waals surface area contributed by atoms with Crippen molar-refractivity contribution >= 4 is 17.6 Å². The summed E-state index contributed by atoms with van der Waals surface area (Å²) in [5, 5.41) is 23.5. The summed E-state index contributed by atoms with van der Waals surface area (Å²) in [5.41, 5.74) is 0.356. The van der Waals surface area contributed by atoms with E-state index in [2.05, 4.69) is 5.32 Å². The second kappa shape index (κ2) is 4.99. The quantitative estimate of drug-likeness (QED) is 0.641. The van der Waals surface area contributed by atoms with E-state index >= 15 is 0 Å². The maximum atomic E-state index is 10.6. The molecule has 0 saturated carbocycles. The third-order valence-electron chi connectivity index (χ3n) is 1.79. The molecule has 1 aromatic rings. The monoisotopic (exact) mass is 207 g/mol. The summed E-state index contributed by atoms with van der Waals surface area (Å²) in [6, 6.07) is 6.14. The Morgan fingerprint density at radius 2 is 1.87 bits per heavy atom. The van der Waals surface area contributed by atoms with E-state index in [1.807, 2.05) is 0 Å².